The summed E-state index contributed by atoms with van der Waals surface area (Å²) < 4.78 is 0. The number of hydrogen-bond donors (Lipinski definition) is 4. The van der Waals surface area contributed by atoms with Gasteiger partial charge in [0, 0.05) is 6.08 Å². The lowest BCUT2D eigenvalue weighted by molar-refractivity contribution is -0.136. The summed E-state index contributed by atoms with van der Waals surface area (Å²) in [5.74, 6) is -5.40. The van der Waals surface area contributed by atoms with Gasteiger partial charge >= 0.3 is 11.9 Å². The fourth-order valence-electron chi connectivity index (χ4n) is 0.339. The van der Waals surface area contributed by atoms with Crippen molar-refractivity contribution in [1.82, 2.24) is 0 Å². The first-order valence-corrected chi connectivity index (χ1v) is 2.71. The molecule has 12 heavy (non-hydrogen) atoms. The van der Waals surface area contributed by atoms with E-state index in [1.165, 1.54) is 0 Å². The molecule has 0 aromatic heterocycles. The summed E-state index contributed by atoms with van der Waals surface area (Å²) in [6.07, 6.45) is 1.06. The van der Waals surface area contributed by atoms with Crippen LogP contribution in [0.1, 0.15) is 0 Å². The third-order valence-electron chi connectivity index (χ3n) is 0.829. The lowest BCUT2D eigenvalue weighted by Crippen LogP contribution is -2.02. The van der Waals surface area contributed by atoms with E-state index >= 15 is 0 Å². The van der Waals surface area contributed by atoms with Crippen LogP contribution >= 0.6 is 0 Å². The van der Waals surface area contributed by atoms with Crippen LogP contribution in [0.5, 0.6) is 0 Å². The molecule has 0 rings (SSSR count). The third-order valence-corrected chi connectivity index (χ3v) is 0.829. The van der Waals surface area contributed by atoms with Crippen LogP contribution < -0.4 is 0 Å². The molecule has 0 heterocycles. The van der Waals surface area contributed by atoms with Gasteiger partial charge in [-0.25, -0.2) is 9.59 Å². The predicted molar refractivity (Wildman–Crippen MR) is 36.7 cm³/mol. The van der Waals surface area contributed by atoms with Crippen molar-refractivity contribution in [1.29, 1.82) is 0 Å². The first-order valence-electron chi connectivity index (χ1n) is 2.71. The highest BCUT2D eigenvalue weighted by atomic mass is 16.4. The van der Waals surface area contributed by atoms with E-state index in [4.69, 9.17) is 20.4 Å². The average Bonchev–Trinajstić information content (AvgIpc) is 1.98. The summed E-state index contributed by atoms with van der Waals surface area (Å²) >= 11 is 0. The quantitative estimate of drug-likeness (QED) is 0.273. The second-order valence-electron chi connectivity index (χ2n) is 1.71. The van der Waals surface area contributed by atoms with Gasteiger partial charge in [-0.05, 0) is 6.08 Å². The molecule has 0 aliphatic heterocycles. The first-order chi connectivity index (χ1) is 5.45. The summed E-state index contributed by atoms with van der Waals surface area (Å²) in [6.45, 7) is 0. The fraction of sp³-hybridized carbons (Fsp3) is 0. The van der Waals surface area contributed by atoms with Crippen molar-refractivity contribution in [2.45, 2.75) is 0 Å². The molecule has 0 unspecified atom stereocenters. The molecule has 0 saturated carbocycles. The maximum atomic E-state index is 9.94. The minimum atomic E-state index is -1.73. The lowest BCUT2D eigenvalue weighted by atomic mass is 10.3. The third kappa shape index (κ3) is 3.25. The number of carboxylic acids is 2. The Balaban J connectivity index is 4.58. The Hall–Kier alpha value is -1.98. The molecule has 0 radical (unpaired) electrons. The Labute approximate surface area is 66.7 Å². The van der Waals surface area contributed by atoms with E-state index in [1.807, 2.05) is 0 Å². The number of carboxylic acid groups (broad SMARTS) is 2. The van der Waals surface area contributed by atoms with Crippen molar-refractivity contribution >= 4 is 11.9 Å². The fourth-order valence-corrected chi connectivity index (χ4v) is 0.339. The topological polar surface area (TPSA) is 115 Å². The van der Waals surface area contributed by atoms with E-state index in [1.54, 1.807) is 0 Å². The average molecular weight is 174 g/mol. The van der Waals surface area contributed by atoms with Crippen molar-refractivity contribution in [3.05, 3.63) is 23.7 Å². The van der Waals surface area contributed by atoms with Crippen LogP contribution in [0.4, 0.5) is 0 Å². The number of allylic oxidation sites excluding steroid dienone is 1. The molecule has 0 aliphatic carbocycles. The molecule has 0 aromatic carbocycles. The van der Waals surface area contributed by atoms with Crippen LogP contribution in [0.25, 0.3) is 0 Å². The van der Waals surface area contributed by atoms with Crippen LogP contribution in [-0.2, 0) is 9.59 Å². The van der Waals surface area contributed by atoms with Crippen molar-refractivity contribution in [3.63, 3.8) is 0 Å². The Morgan fingerprint density at radius 3 is 1.75 bits per heavy atom. The molecule has 6 heteroatoms. The number of aliphatic hydroxyl groups excluding tert-OH is 2. The summed E-state index contributed by atoms with van der Waals surface area (Å²) in [5.41, 5.74) is 0. The van der Waals surface area contributed by atoms with Gasteiger partial charge in [0.15, 0.2) is 5.76 Å². The molecule has 0 amide bonds. The molecule has 0 fully saturated rings. The molecule has 66 valence electrons. The first kappa shape index (κ1) is 10.0. The van der Waals surface area contributed by atoms with Gasteiger partial charge < -0.3 is 20.4 Å². The minimum Gasteiger partial charge on any atom is -0.504 e. The zero-order chi connectivity index (χ0) is 9.72. The van der Waals surface area contributed by atoms with E-state index in [0.717, 1.165) is 0 Å². The standard InChI is InChI=1S/C6H6O6/c7-3(1-2-4(8)9)5(10)6(11)12/h1-2,7,10H,(H,8,9)(H,11,12)/b2-1+,5-3+. The normalized spacial score (nSPS) is 12.7. The van der Waals surface area contributed by atoms with Gasteiger partial charge in [-0.2, -0.15) is 0 Å². The summed E-state index contributed by atoms with van der Waals surface area (Å²) in [7, 11) is 0. The second-order valence-corrected chi connectivity index (χ2v) is 1.71. The number of hydrogen-bond acceptors (Lipinski definition) is 4. The van der Waals surface area contributed by atoms with E-state index < -0.39 is 23.5 Å². The van der Waals surface area contributed by atoms with Gasteiger partial charge in [-0.1, -0.05) is 0 Å². The van der Waals surface area contributed by atoms with Gasteiger partial charge in [-0.3, -0.25) is 0 Å². The van der Waals surface area contributed by atoms with Crippen LogP contribution in [0, 0.1) is 0 Å². The number of aliphatic carboxylic acids is 2. The summed E-state index contributed by atoms with van der Waals surface area (Å²) in [5, 5.41) is 33.2. The molecule has 0 atom stereocenters. The zero-order valence-electron chi connectivity index (χ0n) is 5.76. The maximum absolute atomic E-state index is 9.94. The second kappa shape index (κ2) is 4.02. The molecule has 4 N–H and O–H groups in total. The number of rotatable bonds is 3. The van der Waals surface area contributed by atoms with Crippen LogP contribution in [0.2, 0.25) is 0 Å². The van der Waals surface area contributed by atoms with Crippen molar-refractivity contribution in [2.24, 2.45) is 0 Å². The Bertz CT molecular complexity index is 261. The van der Waals surface area contributed by atoms with Crippen molar-refractivity contribution < 1.29 is 30.0 Å². The molecular weight excluding hydrogens is 168 g/mol. The largest absolute Gasteiger partial charge is 0.504 e. The molecule has 0 aromatic rings. The maximum Gasteiger partial charge on any atom is 0.374 e. The van der Waals surface area contributed by atoms with Crippen LogP contribution in [-0.4, -0.2) is 32.4 Å². The van der Waals surface area contributed by atoms with Crippen molar-refractivity contribution in [2.75, 3.05) is 0 Å². The van der Waals surface area contributed by atoms with Gasteiger partial charge in [0.2, 0.25) is 5.76 Å². The highest BCUT2D eigenvalue weighted by Crippen LogP contribution is 1.98. The molecule has 0 spiro atoms. The van der Waals surface area contributed by atoms with E-state index in [0.29, 0.717) is 12.2 Å². The number of aliphatic hydroxyl groups is 2. The minimum absolute atomic E-state index is 0.495. The van der Waals surface area contributed by atoms with Crippen LogP contribution in [0.3, 0.4) is 0 Å². The van der Waals surface area contributed by atoms with Gasteiger partial charge in [-0.15, -0.1) is 0 Å². The van der Waals surface area contributed by atoms with E-state index in [9.17, 15) is 9.59 Å². The Morgan fingerprint density at radius 1 is 0.917 bits per heavy atom. The summed E-state index contributed by atoms with van der Waals surface area (Å²) in [4.78, 5) is 19.8. The molecule has 0 bridgehead atoms. The van der Waals surface area contributed by atoms with Gasteiger partial charge in [0.25, 0.3) is 0 Å². The molecule has 6 nitrogen and oxygen atoms in total. The van der Waals surface area contributed by atoms with Gasteiger partial charge in [0.1, 0.15) is 0 Å². The molecule has 0 saturated heterocycles. The SMILES string of the molecule is O=C(O)/C=C/C(O)=C(\O)C(=O)O. The monoisotopic (exact) mass is 174 g/mol. The molecule has 0 aliphatic rings. The Kier molecular flexibility index (Phi) is 3.35. The van der Waals surface area contributed by atoms with E-state index in [2.05, 4.69) is 0 Å². The highest BCUT2D eigenvalue weighted by Gasteiger charge is 2.09. The van der Waals surface area contributed by atoms with Gasteiger partial charge in [0.05, 0.1) is 0 Å². The Morgan fingerprint density at radius 2 is 1.42 bits per heavy atom. The summed E-state index contributed by atoms with van der Waals surface area (Å²) in [6, 6.07) is 0. The predicted octanol–water partition coefficient (Wildman–Crippen LogP) is 0.0394. The lowest BCUT2D eigenvalue weighted by Gasteiger charge is -1.92. The van der Waals surface area contributed by atoms with E-state index in [-0.39, 0.29) is 0 Å². The number of carbonyl (C=O) groups is 2. The van der Waals surface area contributed by atoms with Crippen LogP contribution in [0.15, 0.2) is 23.7 Å². The zero-order valence-corrected chi connectivity index (χ0v) is 5.76. The van der Waals surface area contributed by atoms with Crippen molar-refractivity contribution in [3.8, 4) is 0 Å². The smallest absolute Gasteiger partial charge is 0.374 e. The highest BCUT2D eigenvalue weighted by molar-refractivity contribution is 5.85. The molecular formula is C6H6O6.